The van der Waals surface area contributed by atoms with E-state index in [2.05, 4.69) is 4.99 Å². The summed E-state index contributed by atoms with van der Waals surface area (Å²) in [5.41, 5.74) is 2.88. The average molecular weight is 351 g/mol. The molecule has 3 rings (SSSR count). The molecule has 0 aliphatic carbocycles. The number of carbonyl (C=O) groups is 1. The standard InChI is InChI=1S/C21H21NO4/c1-13(2)25-18-9-8-15(12-19(18)24-4)11-17-21(23)26-20(22-17)16-7-5-6-14(3)10-16/h5-13H,1-4H3. The van der Waals surface area contributed by atoms with Gasteiger partial charge in [0.1, 0.15) is 0 Å². The van der Waals surface area contributed by atoms with Crippen LogP contribution in [0.3, 0.4) is 0 Å². The monoisotopic (exact) mass is 351 g/mol. The number of esters is 1. The molecule has 5 heteroatoms. The molecule has 0 atom stereocenters. The Balaban J connectivity index is 1.90. The normalized spacial score (nSPS) is 15.2. The lowest BCUT2D eigenvalue weighted by Gasteiger charge is -2.13. The van der Waals surface area contributed by atoms with Crippen LogP contribution in [0.4, 0.5) is 0 Å². The van der Waals surface area contributed by atoms with Crippen molar-refractivity contribution in [3.05, 3.63) is 64.9 Å². The van der Waals surface area contributed by atoms with E-state index in [9.17, 15) is 4.79 Å². The maximum absolute atomic E-state index is 12.2. The van der Waals surface area contributed by atoms with Crippen molar-refractivity contribution in [1.29, 1.82) is 0 Å². The van der Waals surface area contributed by atoms with Crippen molar-refractivity contribution in [2.45, 2.75) is 26.9 Å². The Kier molecular flexibility index (Phi) is 5.07. The molecule has 0 amide bonds. The lowest BCUT2D eigenvalue weighted by atomic mass is 10.1. The predicted octanol–water partition coefficient (Wildman–Crippen LogP) is 4.14. The Labute approximate surface area is 152 Å². The molecule has 0 saturated heterocycles. The number of rotatable bonds is 5. The van der Waals surface area contributed by atoms with Gasteiger partial charge in [-0.25, -0.2) is 9.79 Å². The number of ether oxygens (including phenoxy) is 3. The first-order chi connectivity index (χ1) is 12.5. The van der Waals surface area contributed by atoms with Crippen LogP contribution >= 0.6 is 0 Å². The summed E-state index contributed by atoms with van der Waals surface area (Å²) in [5.74, 6) is 1.10. The number of cyclic esters (lactones) is 1. The second-order valence-electron chi connectivity index (χ2n) is 6.28. The third kappa shape index (κ3) is 3.94. The highest BCUT2D eigenvalue weighted by atomic mass is 16.6. The highest BCUT2D eigenvalue weighted by Crippen LogP contribution is 2.30. The van der Waals surface area contributed by atoms with Crippen molar-refractivity contribution in [3.63, 3.8) is 0 Å². The summed E-state index contributed by atoms with van der Waals surface area (Å²) in [4.78, 5) is 16.5. The van der Waals surface area contributed by atoms with Gasteiger partial charge in [-0.15, -0.1) is 0 Å². The van der Waals surface area contributed by atoms with Gasteiger partial charge in [0.15, 0.2) is 17.2 Å². The van der Waals surface area contributed by atoms with Gasteiger partial charge in [-0.3, -0.25) is 0 Å². The molecule has 0 spiro atoms. The Morgan fingerprint density at radius 1 is 1.12 bits per heavy atom. The summed E-state index contributed by atoms with van der Waals surface area (Å²) < 4.78 is 16.4. The van der Waals surface area contributed by atoms with E-state index in [4.69, 9.17) is 14.2 Å². The fraction of sp³-hybridized carbons (Fsp3) is 0.238. The van der Waals surface area contributed by atoms with Crippen molar-refractivity contribution in [1.82, 2.24) is 0 Å². The van der Waals surface area contributed by atoms with Crippen LogP contribution in [0.1, 0.15) is 30.5 Å². The van der Waals surface area contributed by atoms with E-state index in [1.165, 1.54) is 0 Å². The zero-order chi connectivity index (χ0) is 18.7. The number of methoxy groups -OCH3 is 1. The largest absolute Gasteiger partial charge is 0.493 e. The average Bonchev–Trinajstić information content (AvgIpc) is 2.96. The molecule has 1 aliphatic rings. The number of nitrogens with zero attached hydrogens (tertiary/aromatic N) is 1. The van der Waals surface area contributed by atoms with Gasteiger partial charge in [-0.1, -0.05) is 23.8 Å². The Bertz CT molecular complexity index is 897. The Morgan fingerprint density at radius 2 is 1.92 bits per heavy atom. The first-order valence-electron chi connectivity index (χ1n) is 8.40. The van der Waals surface area contributed by atoms with Gasteiger partial charge in [-0.05, 0) is 56.7 Å². The summed E-state index contributed by atoms with van der Waals surface area (Å²) >= 11 is 0. The second-order valence-corrected chi connectivity index (χ2v) is 6.28. The molecule has 0 unspecified atom stereocenters. The van der Waals surface area contributed by atoms with Crippen LogP contribution in [0.15, 0.2) is 53.2 Å². The fourth-order valence-corrected chi connectivity index (χ4v) is 2.59. The second kappa shape index (κ2) is 7.44. The maximum Gasteiger partial charge on any atom is 0.363 e. The van der Waals surface area contributed by atoms with Crippen LogP contribution in [0.2, 0.25) is 0 Å². The summed E-state index contributed by atoms with van der Waals surface area (Å²) in [6.45, 7) is 5.88. The summed E-state index contributed by atoms with van der Waals surface area (Å²) in [7, 11) is 1.58. The molecule has 134 valence electrons. The van der Waals surface area contributed by atoms with Crippen LogP contribution < -0.4 is 9.47 Å². The lowest BCUT2D eigenvalue weighted by molar-refractivity contribution is -0.129. The molecule has 2 aromatic carbocycles. The Morgan fingerprint density at radius 3 is 2.62 bits per heavy atom. The van der Waals surface area contributed by atoms with Gasteiger partial charge in [0, 0.05) is 5.56 Å². The molecule has 0 saturated carbocycles. The lowest BCUT2D eigenvalue weighted by Crippen LogP contribution is -2.06. The molecule has 0 fully saturated rings. The van der Waals surface area contributed by atoms with E-state index in [1.54, 1.807) is 19.3 Å². The van der Waals surface area contributed by atoms with E-state index >= 15 is 0 Å². The molecule has 5 nitrogen and oxygen atoms in total. The first-order valence-corrected chi connectivity index (χ1v) is 8.40. The maximum atomic E-state index is 12.2. The van der Waals surface area contributed by atoms with Crippen LogP contribution in [0.5, 0.6) is 11.5 Å². The number of carbonyl (C=O) groups excluding carboxylic acids is 1. The van der Waals surface area contributed by atoms with Crippen molar-refractivity contribution in [2.75, 3.05) is 7.11 Å². The molecule has 1 aliphatic heterocycles. The van der Waals surface area contributed by atoms with Crippen molar-refractivity contribution < 1.29 is 19.0 Å². The molecule has 2 aromatic rings. The van der Waals surface area contributed by atoms with Crippen LogP contribution in [0, 0.1) is 6.92 Å². The number of aryl methyl sites for hydroxylation is 1. The summed E-state index contributed by atoms with van der Waals surface area (Å²) in [6.07, 6.45) is 1.71. The highest BCUT2D eigenvalue weighted by Gasteiger charge is 2.24. The SMILES string of the molecule is COc1cc(C=C2N=C(c3cccc(C)c3)OC2=O)ccc1OC(C)C. The minimum atomic E-state index is -0.469. The molecule has 26 heavy (non-hydrogen) atoms. The molecule has 0 aromatic heterocycles. The minimum absolute atomic E-state index is 0.0411. The van der Waals surface area contributed by atoms with Gasteiger partial charge >= 0.3 is 5.97 Å². The predicted molar refractivity (Wildman–Crippen MR) is 101 cm³/mol. The summed E-state index contributed by atoms with van der Waals surface area (Å²) in [6, 6.07) is 13.1. The Hall–Kier alpha value is -3.08. The van der Waals surface area contributed by atoms with Gasteiger partial charge in [0.2, 0.25) is 5.90 Å². The third-order valence-corrected chi connectivity index (χ3v) is 3.74. The van der Waals surface area contributed by atoms with E-state index < -0.39 is 5.97 Å². The summed E-state index contributed by atoms with van der Waals surface area (Å²) in [5, 5.41) is 0. The first kappa shape index (κ1) is 17.7. The van der Waals surface area contributed by atoms with Crippen LogP contribution in [-0.4, -0.2) is 25.1 Å². The molecule has 0 bridgehead atoms. The van der Waals surface area contributed by atoms with E-state index in [0.717, 1.165) is 16.7 Å². The van der Waals surface area contributed by atoms with Crippen LogP contribution in [0.25, 0.3) is 6.08 Å². The van der Waals surface area contributed by atoms with E-state index in [1.807, 2.05) is 57.2 Å². The number of hydrogen-bond donors (Lipinski definition) is 0. The molecule has 0 N–H and O–H groups in total. The van der Waals surface area contributed by atoms with Gasteiger partial charge in [0.25, 0.3) is 0 Å². The topological polar surface area (TPSA) is 57.1 Å². The molecular formula is C21H21NO4. The smallest absolute Gasteiger partial charge is 0.363 e. The zero-order valence-corrected chi connectivity index (χ0v) is 15.3. The fourth-order valence-electron chi connectivity index (χ4n) is 2.59. The number of aliphatic imine (C=N–C) groups is 1. The van der Waals surface area contributed by atoms with Crippen molar-refractivity contribution in [3.8, 4) is 11.5 Å². The van der Waals surface area contributed by atoms with Gasteiger partial charge in [0.05, 0.1) is 13.2 Å². The minimum Gasteiger partial charge on any atom is -0.493 e. The quantitative estimate of drug-likeness (QED) is 0.600. The van der Waals surface area contributed by atoms with Crippen LogP contribution in [-0.2, 0) is 9.53 Å². The third-order valence-electron chi connectivity index (χ3n) is 3.74. The van der Waals surface area contributed by atoms with E-state index in [-0.39, 0.29) is 11.8 Å². The number of hydrogen-bond acceptors (Lipinski definition) is 5. The van der Waals surface area contributed by atoms with Gasteiger partial charge < -0.3 is 14.2 Å². The highest BCUT2D eigenvalue weighted by molar-refractivity contribution is 6.12. The molecular weight excluding hydrogens is 330 g/mol. The van der Waals surface area contributed by atoms with E-state index in [0.29, 0.717) is 17.4 Å². The van der Waals surface area contributed by atoms with Crippen molar-refractivity contribution >= 4 is 17.9 Å². The number of benzene rings is 2. The van der Waals surface area contributed by atoms with Gasteiger partial charge in [-0.2, -0.15) is 0 Å². The van der Waals surface area contributed by atoms with Crippen molar-refractivity contribution in [2.24, 2.45) is 4.99 Å². The molecule has 0 radical (unpaired) electrons. The zero-order valence-electron chi connectivity index (χ0n) is 15.3. The molecule has 1 heterocycles.